The minimum atomic E-state index is 0.594. The van der Waals surface area contributed by atoms with Gasteiger partial charge in [-0.15, -0.1) is 11.3 Å². The molecule has 0 saturated carbocycles. The van der Waals surface area contributed by atoms with E-state index in [1.165, 1.54) is 20.2 Å². The van der Waals surface area contributed by atoms with E-state index in [-0.39, 0.29) is 0 Å². The molecule has 4 nitrogen and oxygen atoms in total. The molecule has 2 aromatic heterocycles. The van der Waals surface area contributed by atoms with Crippen molar-refractivity contribution in [3.8, 4) is 11.5 Å². The molecule has 0 spiro atoms. The lowest BCUT2D eigenvalue weighted by molar-refractivity contribution is 0.623. The first-order chi connectivity index (χ1) is 25.8. The van der Waals surface area contributed by atoms with Gasteiger partial charge in [-0.2, -0.15) is 0 Å². The van der Waals surface area contributed by atoms with E-state index in [2.05, 4.69) is 155 Å². The number of aromatic nitrogens is 1. The van der Waals surface area contributed by atoms with Crippen LogP contribution < -0.4 is 9.80 Å². The van der Waals surface area contributed by atoms with Crippen LogP contribution in [0.5, 0.6) is 0 Å². The van der Waals surface area contributed by atoms with Gasteiger partial charge < -0.3 is 14.2 Å². The minimum Gasteiger partial charge on any atom is -0.435 e. The monoisotopic (exact) mass is 685 g/mol. The highest BCUT2D eigenvalue weighted by Crippen LogP contribution is 2.47. The molecule has 0 radical (unpaired) electrons. The number of thiophene rings is 1. The summed E-state index contributed by atoms with van der Waals surface area (Å²) in [5.74, 6) is 0.594. The Morgan fingerprint density at radius 1 is 0.442 bits per heavy atom. The Morgan fingerprint density at radius 3 is 1.69 bits per heavy atom. The molecule has 10 rings (SSSR count). The second-order valence-corrected chi connectivity index (χ2v) is 13.8. The summed E-state index contributed by atoms with van der Waals surface area (Å²) >= 11 is 1.84. The maximum absolute atomic E-state index is 6.74. The first-order valence-corrected chi connectivity index (χ1v) is 18.2. The van der Waals surface area contributed by atoms with Crippen molar-refractivity contribution in [1.82, 2.24) is 4.98 Å². The zero-order valence-electron chi connectivity index (χ0n) is 28.1. The molecule has 0 N–H and O–H groups in total. The maximum atomic E-state index is 6.74. The SMILES string of the molecule is c1ccc(-c2nc3c(N(c4ccccc4)c4ccccc4)cc4cc(N(c5ccccc5)c5cccc6c5sc5ccccc56)ccc4c3o2)cc1. The third-order valence-electron chi connectivity index (χ3n) is 9.63. The molecular formula is C47H31N3OS. The number of fused-ring (bicyclic) bond motifs is 6. The van der Waals surface area contributed by atoms with Crippen molar-refractivity contribution in [2.45, 2.75) is 0 Å². The average molecular weight is 686 g/mol. The Morgan fingerprint density at radius 2 is 1.02 bits per heavy atom. The zero-order valence-corrected chi connectivity index (χ0v) is 28.9. The standard InChI is InChI=1S/C47H31N3OS/c1-5-16-32(17-6-1)47-48-44-42(49(34-18-7-2-8-19-34)35-20-9-3-10-21-35)31-33-30-37(28-29-38(33)45(44)51-47)50(36-22-11-4-12-23-36)41-26-15-25-40-39-24-13-14-27-43(39)52-46(40)41/h1-31H. The molecule has 246 valence electrons. The predicted octanol–water partition coefficient (Wildman–Crippen LogP) is 14.0. The number of rotatable bonds is 7. The van der Waals surface area contributed by atoms with E-state index in [9.17, 15) is 0 Å². The van der Waals surface area contributed by atoms with E-state index < -0.39 is 0 Å². The molecule has 0 aliphatic heterocycles. The van der Waals surface area contributed by atoms with Crippen molar-refractivity contribution in [2.24, 2.45) is 0 Å². The lowest BCUT2D eigenvalue weighted by Crippen LogP contribution is -2.11. The third-order valence-corrected chi connectivity index (χ3v) is 10.8. The Labute approximate surface area is 305 Å². The summed E-state index contributed by atoms with van der Waals surface area (Å²) in [4.78, 5) is 9.85. The Bertz CT molecular complexity index is 2810. The highest BCUT2D eigenvalue weighted by Gasteiger charge is 2.24. The van der Waals surface area contributed by atoms with Crippen molar-refractivity contribution in [2.75, 3.05) is 9.80 Å². The van der Waals surface area contributed by atoms with Crippen molar-refractivity contribution in [3.05, 3.63) is 188 Å². The predicted molar refractivity (Wildman–Crippen MR) is 219 cm³/mol. The average Bonchev–Trinajstić information content (AvgIpc) is 3.83. The van der Waals surface area contributed by atoms with Crippen molar-refractivity contribution in [3.63, 3.8) is 0 Å². The molecule has 0 amide bonds. The van der Waals surface area contributed by atoms with Gasteiger partial charge in [0.1, 0.15) is 5.52 Å². The van der Waals surface area contributed by atoms with E-state index in [4.69, 9.17) is 9.40 Å². The molecule has 0 atom stereocenters. The lowest BCUT2D eigenvalue weighted by atomic mass is 10.0. The van der Waals surface area contributed by atoms with Crippen LogP contribution >= 0.6 is 11.3 Å². The lowest BCUT2D eigenvalue weighted by Gasteiger charge is -2.27. The van der Waals surface area contributed by atoms with Crippen molar-refractivity contribution < 1.29 is 4.42 Å². The van der Waals surface area contributed by atoms with E-state index in [1.807, 2.05) is 53.8 Å². The Hall–Kier alpha value is -6.69. The molecule has 10 aromatic rings. The van der Waals surface area contributed by atoms with Crippen LogP contribution in [0, 0.1) is 0 Å². The zero-order chi connectivity index (χ0) is 34.4. The van der Waals surface area contributed by atoms with E-state index in [0.717, 1.165) is 61.6 Å². The van der Waals surface area contributed by atoms with Gasteiger partial charge in [0.05, 0.1) is 16.1 Å². The number of anilines is 6. The topological polar surface area (TPSA) is 32.5 Å². The minimum absolute atomic E-state index is 0.594. The molecule has 5 heteroatoms. The highest BCUT2D eigenvalue weighted by atomic mass is 32.1. The Balaban J connectivity index is 1.25. The Kier molecular flexibility index (Phi) is 7.29. The van der Waals surface area contributed by atoms with Crippen LogP contribution in [0.15, 0.2) is 192 Å². The molecule has 8 aromatic carbocycles. The first-order valence-electron chi connectivity index (χ1n) is 17.4. The fourth-order valence-electron chi connectivity index (χ4n) is 7.28. The summed E-state index contributed by atoms with van der Waals surface area (Å²) < 4.78 is 9.28. The van der Waals surface area contributed by atoms with Gasteiger partial charge in [0, 0.05) is 49.2 Å². The summed E-state index contributed by atoms with van der Waals surface area (Å²) in [5.41, 5.74) is 8.82. The second-order valence-electron chi connectivity index (χ2n) is 12.8. The summed E-state index contributed by atoms with van der Waals surface area (Å²) in [5, 5.41) is 4.60. The maximum Gasteiger partial charge on any atom is 0.227 e. The van der Waals surface area contributed by atoms with Gasteiger partial charge in [-0.05, 0) is 90.3 Å². The molecule has 0 aliphatic carbocycles. The normalized spacial score (nSPS) is 11.5. The van der Waals surface area contributed by atoms with Crippen LogP contribution in [0.1, 0.15) is 0 Å². The fraction of sp³-hybridized carbons (Fsp3) is 0. The highest BCUT2D eigenvalue weighted by molar-refractivity contribution is 7.26. The quantitative estimate of drug-likeness (QED) is 0.167. The van der Waals surface area contributed by atoms with Crippen LogP contribution in [-0.4, -0.2) is 4.98 Å². The first kappa shape index (κ1) is 30.2. The van der Waals surface area contributed by atoms with Crippen molar-refractivity contribution >= 4 is 87.5 Å². The van der Waals surface area contributed by atoms with Gasteiger partial charge in [-0.25, -0.2) is 4.98 Å². The molecule has 0 saturated heterocycles. The van der Waals surface area contributed by atoms with Gasteiger partial charge in [-0.3, -0.25) is 0 Å². The van der Waals surface area contributed by atoms with Gasteiger partial charge >= 0.3 is 0 Å². The number of nitrogens with zero attached hydrogens (tertiary/aromatic N) is 3. The molecular weight excluding hydrogens is 655 g/mol. The summed E-state index contributed by atoms with van der Waals surface area (Å²) in [6.07, 6.45) is 0. The van der Waals surface area contributed by atoms with Gasteiger partial charge in [0.25, 0.3) is 0 Å². The molecule has 0 bridgehead atoms. The second kappa shape index (κ2) is 12.6. The van der Waals surface area contributed by atoms with Gasteiger partial charge in [-0.1, -0.05) is 103 Å². The van der Waals surface area contributed by atoms with Crippen LogP contribution in [-0.2, 0) is 0 Å². The molecule has 0 fully saturated rings. The molecule has 0 aliphatic rings. The van der Waals surface area contributed by atoms with Crippen LogP contribution in [0.25, 0.3) is 53.5 Å². The molecule has 52 heavy (non-hydrogen) atoms. The number of oxazole rings is 1. The van der Waals surface area contributed by atoms with Crippen LogP contribution in [0.4, 0.5) is 34.1 Å². The van der Waals surface area contributed by atoms with Gasteiger partial charge in [0.15, 0.2) is 5.58 Å². The smallest absolute Gasteiger partial charge is 0.227 e. The third kappa shape index (κ3) is 5.10. The van der Waals surface area contributed by atoms with Crippen LogP contribution in [0.3, 0.4) is 0 Å². The summed E-state index contributed by atoms with van der Waals surface area (Å²) in [6, 6.07) is 66.0. The van der Waals surface area contributed by atoms with Crippen molar-refractivity contribution in [1.29, 1.82) is 0 Å². The van der Waals surface area contributed by atoms with E-state index in [0.29, 0.717) is 5.89 Å². The molecule has 0 unspecified atom stereocenters. The fourth-order valence-corrected chi connectivity index (χ4v) is 8.48. The van der Waals surface area contributed by atoms with Crippen LogP contribution in [0.2, 0.25) is 0 Å². The number of para-hydroxylation sites is 3. The summed E-state index contributed by atoms with van der Waals surface area (Å²) in [7, 11) is 0. The summed E-state index contributed by atoms with van der Waals surface area (Å²) in [6.45, 7) is 0. The van der Waals surface area contributed by atoms with Gasteiger partial charge in [0.2, 0.25) is 5.89 Å². The van der Waals surface area contributed by atoms with E-state index >= 15 is 0 Å². The number of hydrogen-bond donors (Lipinski definition) is 0. The largest absolute Gasteiger partial charge is 0.435 e. The van der Waals surface area contributed by atoms with E-state index in [1.54, 1.807) is 0 Å². The number of hydrogen-bond acceptors (Lipinski definition) is 5. The number of benzene rings is 8. The molecule has 2 heterocycles.